The van der Waals surface area contributed by atoms with Gasteiger partial charge in [0.2, 0.25) is 5.88 Å². The fourth-order valence-corrected chi connectivity index (χ4v) is 8.69. The minimum absolute atomic E-state index is 0.0174. The summed E-state index contributed by atoms with van der Waals surface area (Å²) < 4.78 is 58.9. The van der Waals surface area contributed by atoms with Crippen molar-refractivity contribution >= 4 is 33.5 Å². The van der Waals surface area contributed by atoms with Crippen molar-refractivity contribution in [2.75, 3.05) is 37.7 Å². The standard InChI is InChI=1S/C39H40F3N5O4/c1-37(2,3)51-36(49)44-30-19-46(20-38(30)11-12-38)34-26-9-8-25(27-15-24(48)14-22-6-4-7-29(41)31(22)27)32(42)33(26)45-35(28(34)17-43)50-21-39-10-5-13-47(39)18-23(40)16-39/h4,6-9,14-15,23,30,48H,5,10-13,16,18-21H2,1-3H3,(H,44,49)/t23-,30+,39+/m1/s1. The lowest BCUT2D eigenvalue weighted by atomic mass is 9.94. The highest BCUT2D eigenvalue weighted by Gasteiger charge is 2.56. The second-order valence-corrected chi connectivity index (χ2v) is 15.7. The number of nitrogens with zero attached hydrogens (tertiary/aromatic N) is 4. The van der Waals surface area contributed by atoms with Crippen molar-refractivity contribution in [3.63, 3.8) is 0 Å². The van der Waals surface area contributed by atoms with Crippen LogP contribution < -0.4 is 15.0 Å². The molecule has 12 heteroatoms. The number of hydrogen-bond donors (Lipinski definition) is 2. The molecule has 1 aliphatic carbocycles. The summed E-state index contributed by atoms with van der Waals surface area (Å²) >= 11 is 0. The Morgan fingerprint density at radius 1 is 1.14 bits per heavy atom. The summed E-state index contributed by atoms with van der Waals surface area (Å²) in [6, 6.07) is 12.3. The number of carbonyl (C=O) groups is 1. The van der Waals surface area contributed by atoms with Crippen LogP contribution in [0.25, 0.3) is 32.8 Å². The molecule has 1 aromatic heterocycles. The number of halogens is 3. The van der Waals surface area contributed by atoms with Crippen molar-refractivity contribution in [3.05, 3.63) is 59.7 Å². The average Bonchev–Trinajstić information content (AvgIpc) is 3.47. The predicted octanol–water partition coefficient (Wildman–Crippen LogP) is 7.36. The van der Waals surface area contributed by atoms with E-state index in [1.807, 2.05) is 4.90 Å². The number of benzene rings is 3. The molecule has 3 aliphatic heterocycles. The Labute approximate surface area is 293 Å². The third-order valence-electron chi connectivity index (χ3n) is 11.1. The number of carbonyl (C=O) groups excluding carboxylic acids is 1. The molecule has 9 nitrogen and oxygen atoms in total. The van der Waals surface area contributed by atoms with Crippen LogP contribution in [-0.2, 0) is 4.74 Å². The monoisotopic (exact) mass is 699 g/mol. The van der Waals surface area contributed by atoms with Gasteiger partial charge in [0.15, 0.2) is 5.82 Å². The fraction of sp³-hybridized carbons (Fsp3) is 0.462. The molecule has 51 heavy (non-hydrogen) atoms. The quantitative estimate of drug-likeness (QED) is 0.215. The van der Waals surface area contributed by atoms with Gasteiger partial charge in [-0.25, -0.2) is 22.9 Å². The van der Waals surface area contributed by atoms with Crippen LogP contribution in [0.4, 0.5) is 23.7 Å². The van der Waals surface area contributed by atoms with Crippen LogP contribution in [-0.4, -0.2) is 77.2 Å². The molecular formula is C39H40F3N5O4. The molecule has 4 heterocycles. The Morgan fingerprint density at radius 3 is 2.69 bits per heavy atom. The van der Waals surface area contributed by atoms with Gasteiger partial charge in [-0.1, -0.05) is 18.2 Å². The van der Waals surface area contributed by atoms with Crippen LogP contribution >= 0.6 is 0 Å². The molecular weight excluding hydrogens is 659 g/mol. The molecule has 266 valence electrons. The second-order valence-electron chi connectivity index (χ2n) is 15.7. The van der Waals surface area contributed by atoms with Crippen LogP contribution in [0, 0.1) is 28.4 Å². The lowest BCUT2D eigenvalue weighted by Crippen LogP contribution is -2.44. The van der Waals surface area contributed by atoms with Gasteiger partial charge >= 0.3 is 6.09 Å². The summed E-state index contributed by atoms with van der Waals surface area (Å²) in [6.07, 6.45) is 2.12. The third kappa shape index (κ3) is 5.75. The van der Waals surface area contributed by atoms with E-state index in [1.54, 1.807) is 32.9 Å². The van der Waals surface area contributed by atoms with Gasteiger partial charge in [0.1, 0.15) is 47.1 Å². The molecule has 0 unspecified atom stereocenters. The molecule has 1 amide bonds. The van der Waals surface area contributed by atoms with Crippen LogP contribution in [0.5, 0.6) is 11.6 Å². The molecule has 2 N–H and O–H groups in total. The fourth-order valence-electron chi connectivity index (χ4n) is 8.69. The second kappa shape index (κ2) is 11.9. The number of nitriles is 1. The van der Waals surface area contributed by atoms with Gasteiger partial charge < -0.3 is 24.8 Å². The predicted molar refractivity (Wildman–Crippen MR) is 187 cm³/mol. The zero-order valence-electron chi connectivity index (χ0n) is 28.9. The molecule has 4 aromatic rings. The first-order valence-corrected chi connectivity index (χ1v) is 17.5. The first-order chi connectivity index (χ1) is 24.3. The number of phenols is 1. The number of pyridine rings is 1. The molecule has 1 spiro atoms. The van der Waals surface area contributed by atoms with E-state index in [2.05, 4.69) is 21.3 Å². The number of alkyl carbamates (subject to hydrolysis) is 1. The van der Waals surface area contributed by atoms with Gasteiger partial charge in [0, 0.05) is 47.8 Å². The first kappa shape index (κ1) is 33.4. The zero-order valence-corrected chi connectivity index (χ0v) is 28.9. The van der Waals surface area contributed by atoms with E-state index < -0.39 is 35.0 Å². The molecule has 0 radical (unpaired) electrons. The molecule has 8 rings (SSSR count). The molecule has 3 aromatic carbocycles. The van der Waals surface area contributed by atoms with E-state index in [9.17, 15) is 19.6 Å². The van der Waals surface area contributed by atoms with E-state index >= 15 is 8.78 Å². The highest BCUT2D eigenvalue weighted by Crippen LogP contribution is 2.55. The van der Waals surface area contributed by atoms with Crippen molar-refractivity contribution in [2.45, 2.75) is 76.2 Å². The van der Waals surface area contributed by atoms with Crippen LogP contribution in [0.2, 0.25) is 0 Å². The molecule has 3 atom stereocenters. The van der Waals surface area contributed by atoms with Gasteiger partial charge in [-0.05, 0) is 88.2 Å². The van der Waals surface area contributed by atoms with E-state index in [0.717, 1.165) is 32.2 Å². The van der Waals surface area contributed by atoms with E-state index in [-0.39, 0.29) is 57.3 Å². The van der Waals surface area contributed by atoms with Gasteiger partial charge in [0.25, 0.3) is 0 Å². The summed E-state index contributed by atoms with van der Waals surface area (Å²) in [5.74, 6) is -1.57. The number of amides is 1. The largest absolute Gasteiger partial charge is 0.508 e. The maximum absolute atomic E-state index is 17.1. The summed E-state index contributed by atoms with van der Waals surface area (Å²) in [4.78, 5) is 21.6. The summed E-state index contributed by atoms with van der Waals surface area (Å²) in [5.41, 5.74) is -0.862. The topological polar surface area (TPSA) is 111 Å². The Balaban J connectivity index is 1.26. The van der Waals surface area contributed by atoms with Crippen LogP contribution in [0.1, 0.15) is 58.4 Å². The van der Waals surface area contributed by atoms with Crippen molar-refractivity contribution in [1.29, 1.82) is 5.26 Å². The Kier molecular flexibility index (Phi) is 7.79. The van der Waals surface area contributed by atoms with Gasteiger partial charge in [-0.2, -0.15) is 5.26 Å². The van der Waals surface area contributed by atoms with Crippen LogP contribution in [0.15, 0.2) is 42.5 Å². The Morgan fingerprint density at radius 2 is 1.94 bits per heavy atom. The number of nitrogens with one attached hydrogen (secondary N) is 1. The minimum atomic E-state index is -0.990. The molecule has 1 saturated carbocycles. The lowest BCUT2D eigenvalue weighted by Gasteiger charge is -2.31. The third-order valence-corrected chi connectivity index (χ3v) is 11.1. The van der Waals surface area contributed by atoms with Crippen molar-refractivity contribution in [3.8, 4) is 28.8 Å². The Bertz CT molecular complexity index is 2130. The lowest BCUT2D eigenvalue weighted by molar-refractivity contribution is 0.0493. The van der Waals surface area contributed by atoms with Gasteiger partial charge in [-0.15, -0.1) is 0 Å². The van der Waals surface area contributed by atoms with Crippen molar-refractivity contribution in [2.24, 2.45) is 5.41 Å². The number of phenolic OH excluding ortho intramolecular Hbond substituents is 1. The zero-order chi connectivity index (χ0) is 35.9. The Hall–Kier alpha value is -4.76. The first-order valence-electron chi connectivity index (χ1n) is 17.5. The number of alkyl halides is 1. The van der Waals surface area contributed by atoms with Gasteiger partial charge in [0.05, 0.1) is 17.3 Å². The molecule has 0 bridgehead atoms. The summed E-state index contributed by atoms with van der Waals surface area (Å²) in [7, 11) is 0. The highest BCUT2D eigenvalue weighted by atomic mass is 19.1. The minimum Gasteiger partial charge on any atom is -0.508 e. The maximum atomic E-state index is 17.1. The average molecular weight is 700 g/mol. The SMILES string of the molecule is CC(C)(C)OC(=O)N[C@H]1CN(c2c(C#N)c(OC[C@@]34CCCN3C[C@H](F)C4)nc3c(F)c(-c4cc(O)cc5cccc(F)c45)ccc23)CC12CC2. The van der Waals surface area contributed by atoms with Crippen LogP contribution in [0.3, 0.4) is 0 Å². The van der Waals surface area contributed by atoms with E-state index in [0.29, 0.717) is 42.5 Å². The number of fused-ring (bicyclic) bond motifs is 3. The molecule has 4 aliphatic rings. The van der Waals surface area contributed by atoms with Gasteiger partial charge in [-0.3, -0.25) is 4.90 Å². The normalized spacial score (nSPS) is 23.9. The summed E-state index contributed by atoms with van der Waals surface area (Å²) in [5, 5.41) is 25.2. The number of aromatic hydroxyl groups is 1. The number of rotatable bonds is 6. The highest BCUT2D eigenvalue weighted by molar-refractivity contribution is 6.03. The van der Waals surface area contributed by atoms with E-state index in [4.69, 9.17) is 9.47 Å². The summed E-state index contributed by atoms with van der Waals surface area (Å²) in [6.45, 7) is 7.36. The number of hydrogen-bond acceptors (Lipinski definition) is 8. The number of aromatic nitrogens is 1. The number of anilines is 1. The van der Waals surface area contributed by atoms with Crippen molar-refractivity contribution < 1.29 is 32.5 Å². The number of ether oxygens (including phenoxy) is 2. The molecule has 4 fully saturated rings. The molecule has 3 saturated heterocycles. The van der Waals surface area contributed by atoms with Crippen molar-refractivity contribution in [1.82, 2.24) is 15.2 Å². The smallest absolute Gasteiger partial charge is 0.407 e. The maximum Gasteiger partial charge on any atom is 0.407 e. The van der Waals surface area contributed by atoms with E-state index in [1.165, 1.54) is 30.3 Å².